The fraction of sp³-hybridized carbons (Fsp3) is 0.529. The number of hydrogen-bond acceptors (Lipinski definition) is 4. The van der Waals surface area contributed by atoms with E-state index < -0.39 is 0 Å². The molecule has 1 heterocycles. The van der Waals surface area contributed by atoms with Crippen molar-refractivity contribution in [2.24, 2.45) is 5.92 Å². The Morgan fingerprint density at radius 3 is 2.29 bits per heavy atom. The Morgan fingerprint density at radius 2 is 1.71 bits per heavy atom. The Hall–Kier alpha value is -1.26. The molecule has 0 fully saturated rings. The average molecular weight is 303 g/mol. The van der Waals surface area contributed by atoms with Crippen molar-refractivity contribution in [2.75, 3.05) is 7.05 Å². The second-order valence-electron chi connectivity index (χ2n) is 5.50. The van der Waals surface area contributed by atoms with Gasteiger partial charge in [0.1, 0.15) is 10.0 Å². The van der Waals surface area contributed by atoms with E-state index in [1.165, 1.54) is 5.56 Å². The Labute approximate surface area is 131 Å². The molecule has 1 N–H and O–H groups in total. The first kappa shape index (κ1) is 16.1. The highest BCUT2D eigenvalue weighted by molar-refractivity contribution is 7.11. The van der Waals surface area contributed by atoms with E-state index in [-0.39, 0.29) is 0 Å². The van der Waals surface area contributed by atoms with Gasteiger partial charge in [0, 0.05) is 5.92 Å². The lowest BCUT2D eigenvalue weighted by Crippen LogP contribution is -2.14. The van der Waals surface area contributed by atoms with Gasteiger partial charge < -0.3 is 5.32 Å². The van der Waals surface area contributed by atoms with Crippen molar-refractivity contribution in [1.29, 1.82) is 0 Å². The van der Waals surface area contributed by atoms with Crippen molar-refractivity contribution < 1.29 is 0 Å². The monoisotopic (exact) mass is 303 g/mol. The van der Waals surface area contributed by atoms with Crippen LogP contribution in [-0.2, 0) is 0 Å². The number of benzene rings is 1. The third kappa shape index (κ3) is 3.69. The molecule has 1 aromatic heterocycles. The summed E-state index contributed by atoms with van der Waals surface area (Å²) < 4.78 is 0. The molecule has 0 aliphatic carbocycles. The zero-order valence-electron chi connectivity index (χ0n) is 13.3. The molecule has 4 heteroatoms. The van der Waals surface area contributed by atoms with Gasteiger partial charge in [-0.25, -0.2) is 0 Å². The maximum Gasteiger partial charge on any atom is 0.134 e. The standard InChI is InChI=1S/C17H25N3S/c1-5-12(3)15(13-10-8-7-9-11-13)17-20-19-16(21-17)14(6-2)18-4/h7-12,14-15,18H,5-6H2,1-4H3. The quantitative estimate of drug-likeness (QED) is 0.824. The lowest BCUT2D eigenvalue weighted by atomic mass is 9.86. The molecule has 3 unspecified atom stereocenters. The van der Waals surface area contributed by atoms with Crippen molar-refractivity contribution in [3.63, 3.8) is 0 Å². The molecular formula is C17H25N3S. The molecule has 2 aromatic rings. The van der Waals surface area contributed by atoms with Gasteiger partial charge in [-0.05, 0) is 24.9 Å². The molecule has 0 saturated carbocycles. The smallest absolute Gasteiger partial charge is 0.134 e. The van der Waals surface area contributed by atoms with E-state index >= 15 is 0 Å². The first-order chi connectivity index (χ1) is 10.2. The van der Waals surface area contributed by atoms with E-state index in [0.717, 1.165) is 22.9 Å². The van der Waals surface area contributed by atoms with Crippen molar-refractivity contribution in [2.45, 2.75) is 45.6 Å². The Kier molecular flexibility index (Phi) is 5.88. The molecule has 0 amide bonds. The molecule has 0 bridgehead atoms. The maximum atomic E-state index is 4.51. The summed E-state index contributed by atoms with van der Waals surface area (Å²) in [6, 6.07) is 11.0. The third-order valence-corrected chi connectivity index (χ3v) is 5.27. The van der Waals surface area contributed by atoms with Crippen LogP contribution in [0.2, 0.25) is 0 Å². The zero-order valence-corrected chi connectivity index (χ0v) is 14.2. The summed E-state index contributed by atoms with van der Waals surface area (Å²) in [5.74, 6) is 0.902. The van der Waals surface area contributed by atoms with Gasteiger partial charge in [-0.1, -0.05) is 68.9 Å². The van der Waals surface area contributed by atoms with Gasteiger partial charge in [0.05, 0.1) is 6.04 Å². The van der Waals surface area contributed by atoms with Crippen LogP contribution in [0.1, 0.15) is 61.2 Å². The molecule has 21 heavy (non-hydrogen) atoms. The SMILES string of the molecule is CCC(NC)c1nnc(C(c2ccccc2)C(C)CC)s1. The second kappa shape index (κ2) is 7.66. The van der Waals surface area contributed by atoms with Crippen LogP contribution >= 0.6 is 11.3 Å². The van der Waals surface area contributed by atoms with Gasteiger partial charge in [0.25, 0.3) is 0 Å². The molecule has 0 spiro atoms. The van der Waals surface area contributed by atoms with E-state index in [0.29, 0.717) is 17.9 Å². The van der Waals surface area contributed by atoms with E-state index in [4.69, 9.17) is 0 Å². The van der Waals surface area contributed by atoms with Crippen LogP contribution in [-0.4, -0.2) is 17.2 Å². The van der Waals surface area contributed by atoms with Crippen molar-refractivity contribution in [3.8, 4) is 0 Å². The molecule has 114 valence electrons. The minimum atomic E-state index is 0.310. The van der Waals surface area contributed by atoms with Gasteiger partial charge in [-0.15, -0.1) is 10.2 Å². The second-order valence-corrected chi connectivity index (χ2v) is 6.54. The predicted molar refractivity (Wildman–Crippen MR) is 89.7 cm³/mol. The Balaban J connectivity index is 2.34. The summed E-state index contributed by atoms with van der Waals surface area (Å²) >= 11 is 1.75. The largest absolute Gasteiger partial charge is 0.311 e. The summed E-state index contributed by atoms with van der Waals surface area (Å²) in [7, 11) is 1.98. The van der Waals surface area contributed by atoms with E-state index in [1.54, 1.807) is 11.3 Å². The summed E-state index contributed by atoms with van der Waals surface area (Å²) in [5, 5.41) is 14.5. The molecule has 0 saturated heterocycles. The van der Waals surface area contributed by atoms with Crippen LogP contribution in [0.5, 0.6) is 0 Å². The topological polar surface area (TPSA) is 37.8 Å². The highest BCUT2D eigenvalue weighted by Gasteiger charge is 2.25. The van der Waals surface area contributed by atoms with Crippen molar-refractivity contribution in [1.82, 2.24) is 15.5 Å². The third-order valence-electron chi connectivity index (χ3n) is 4.15. The highest BCUT2D eigenvalue weighted by Crippen LogP contribution is 2.36. The molecule has 3 nitrogen and oxygen atoms in total. The van der Waals surface area contributed by atoms with Crippen LogP contribution in [0.25, 0.3) is 0 Å². The molecule has 1 aromatic carbocycles. The lowest BCUT2D eigenvalue weighted by molar-refractivity contribution is 0.492. The van der Waals surface area contributed by atoms with Crippen LogP contribution < -0.4 is 5.32 Å². The summed E-state index contributed by atoms with van der Waals surface area (Å²) in [5.41, 5.74) is 1.34. The first-order valence-corrected chi connectivity index (χ1v) is 8.58. The van der Waals surface area contributed by atoms with Gasteiger partial charge in [-0.2, -0.15) is 0 Å². The van der Waals surface area contributed by atoms with Gasteiger partial charge >= 0.3 is 0 Å². The number of rotatable bonds is 7. The summed E-state index contributed by atoms with van der Waals surface area (Å²) in [6.07, 6.45) is 2.17. The van der Waals surface area contributed by atoms with Gasteiger partial charge in [0.15, 0.2) is 0 Å². The molecule has 0 radical (unpaired) electrons. The van der Waals surface area contributed by atoms with Crippen LogP contribution in [0.15, 0.2) is 30.3 Å². The lowest BCUT2D eigenvalue weighted by Gasteiger charge is -2.20. The van der Waals surface area contributed by atoms with Crippen LogP contribution in [0.4, 0.5) is 0 Å². The van der Waals surface area contributed by atoms with Crippen LogP contribution in [0, 0.1) is 5.92 Å². The predicted octanol–water partition coefficient (Wildman–Crippen LogP) is 4.39. The van der Waals surface area contributed by atoms with Gasteiger partial charge in [-0.3, -0.25) is 0 Å². The summed E-state index contributed by atoms with van der Waals surface area (Å²) in [6.45, 7) is 6.71. The van der Waals surface area contributed by atoms with E-state index in [2.05, 4.69) is 66.6 Å². The minimum absolute atomic E-state index is 0.310. The molecule has 0 aliphatic rings. The number of nitrogens with zero attached hydrogens (tertiary/aromatic N) is 2. The van der Waals surface area contributed by atoms with Gasteiger partial charge in [0.2, 0.25) is 0 Å². The highest BCUT2D eigenvalue weighted by atomic mass is 32.1. The Morgan fingerprint density at radius 1 is 1.05 bits per heavy atom. The molecule has 2 rings (SSSR count). The normalized spacial score (nSPS) is 15.6. The van der Waals surface area contributed by atoms with Crippen molar-refractivity contribution in [3.05, 3.63) is 45.9 Å². The van der Waals surface area contributed by atoms with E-state index in [9.17, 15) is 0 Å². The molecule has 0 aliphatic heterocycles. The Bertz CT molecular complexity index is 534. The number of aromatic nitrogens is 2. The fourth-order valence-electron chi connectivity index (χ4n) is 2.63. The molecule has 3 atom stereocenters. The zero-order chi connectivity index (χ0) is 15.2. The maximum absolute atomic E-state index is 4.51. The van der Waals surface area contributed by atoms with Crippen LogP contribution in [0.3, 0.4) is 0 Å². The summed E-state index contributed by atoms with van der Waals surface area (Å²) in [4.78, 5) is 0. The van der Waals surface area contributed by atoms with Crippen molar-refractivity contribution >= 4 is 11.3 Å². The first-order valence-electron chi connectivity index (χ1n) is 7.76. The average Bonchev–Trinajstić information content (AvgIpc) is 2.99. The number of hydrogen-bond donors (Lipinski definition) is 1. The molecular weight excluding hydrogens is 278 g/mol. The minimum Gasteiger partial charge on any atom is -0.311 e. The van der Waals surface area contributed by atoms with E-state index in [1.807, 2.05) is 7.05 Å². The fourth-order valence-corrected chi connectivity index (χ4v) is 3.93. The number of nitrogens with one attached hydrogen (secondary N) is 1.